The van der Waals surface area contributed by atoms with Crippen LogP contribution in [0.25, 0.3) is 0 Å². The first-order chi connectivity index (χ1) is 8.15. The van der Waals surface area contributed by atoms with Crippen LogP contribution in [0.1, 0.15) is 19.5 Å². The summed E-state index contributed by atoms with van der Waals surface area (Å²) in [5.74, 6) is 0.0383. The van der Waals surface area contributed by atoms with Crippen molar-refractivity contribution in [2.24, 2.45) is 0 Å². The average Bonchev–Trinajstić information content (AvgIpc) is 2.28. The van der Waals surface area contributed by atoms with Gasteiger partial charge in [-0.2, -0.15) is 0 Å². The lowest BCUT2D eigenvalue weighted by atomic mass is 10.3. The smallest absolute Gasteiger partial charge is 0.234 e. The topological polar surface area (TPSA) is 45.2 Å². The van der Waals surface area contributed by atoms with Crippen molar-refractivity contribution in [3.05, 3.63) is 29.0 Å². The SMILES string of the molecule is CCNC(=O)CN(CC)Cc1cccc(Cl)n1. The fraction of sp³-hybridized carbons (Fsp3) is 0.500. The molecule has 0 aliphatic rings. The number of pyridine rings is 1. The maximum Gasteiger partial charge on any atom is 0.234 e. The zero-order valence-corrected chi connectivity index (χ0v) is 11.0. The Labute approximate surface area is 107 Å². The molecule has 0 atom stereocenters. The first-order valence-corrected chi connectivity index (χ1v) is 6.14. The molecule has 1 amide bonds. The van der Waals surface area contributed by atoms with Crippen LogP contribution in [0.4, 0.5) is 0 Å². The third-order valence-corrected chi connectivity index (χ3v) is 2.56. The second kappa shape index (κ2) is 7.25. The van der Waals surface area contributed by atoms with Gasteiger partial charge in [0.25, 0.3) is 0 Å². The molecule has 17 heavy (non-hydrogen) atoms. The standard InChI is InChI=1S/C12H18ClN3O/c1-3-14-12(17)9-16(4-2)8-10-6-5-7-11(13)15-10/h5-7H,3-4,8-9H2,1-2H3,(H,14,17). The van der Waals surface area contributed by atoms with Crippen LogP contribution in [0.2, 0.25) is 5.15 Å². The molecule has 0 bridgehead atoms. The van der Waals surface area contributed by atoms with Gasteiger partial charge in [0.05, 0.1) is 12.2 Å². The zero-order chi connectivity index (χ0) is 12.7. The van der Waals surface area contributed by atoms with Crippen molar-refractivity contribution < 1.29 is 4.79 Å². The summed E-state index contributed by atoms with van der Waals surface area (Å²) >= 11 is 5.82. The van der Waals surface area contributed by atoms with Crippen LogP contribution in [0.5, 0.6) is 0 Å². The number of hydrogen-bond acceptors (Lipinski definition) is 3. The van der Waals surface area contributed by atoms with Gasteiger partial charge in [0, 0.05) is 13.1 Å². The lowest BCUT2D eigenvalue weighted by Gasteiger charge is -2.19. The fourth-order valence-corrected chi connectivity index (χ4v) is 1.68. The zero-order valence-electron chi connectivity index (χ0n) is 10.2. The number of aromatic nitrogens is 1. The van der Waals surface area contributed by atoms with E-state index in [0.29, 0.717) is 24.8 Å². The highest BCUT2D eigenvalue weighted by molar-refractivity contribution is 6.29. The molecule has 1 aromatic heterocycles. The van der Waals surface area contributed by atoms with Crippen molar-refractivity contribution in [1.29, 1.82) is 0 Å². The van der Waals surface area contributed by atoms with Crippen LogP contribution in [0.15, 0.2) is 18.2 Å². The molecule has 1 aromatic rings. The molecule has 4 nitrogen and oxygen atoms in total. The van der Waals surface area contributed by atoms with Gasteiger partial charge >= 0.3 is 0 Å². The first kappa shape index (κ1) is 13.9. The Balaban J connectivity index is 2.54. The largest absolute Gasteiger partial charge is 0.355 e. The number of likely N-dealkylation sites (N-methyl/N-ethyl adjacent to an activating group) is 2. The monoisotopic (exact) mass is 255 g/mol. The molecule has 0 fully saturated rings. The molecule has 0 unspecified atom stereocenters. The van der Waals surface area contributed by atoms with Crippen molar-refractivity contribution in [1.82, 2.24) is 15.2 Å². The average molecular weight is 256 g/mol. The summed E-state index contributed by atoms with van der Waals surface area (Å²) in [6.07, 6.45) is 0. The second-order valence-corrected chi connectivity index (χ2v) is 4.10. The molecular weight excluding hydrogens is 238 g/mol. The van der Waals surface area contributed by atoms with E-state index in [1.54, 1.807) is 6.07 Å². The van der Waals surface area contributed by atoms with E-state index in [9.17, 15) is 4.79 Å². The minimum atomic E-state index is 0.0383. The van der Waals surface area contributed by atoms with Crippen LogP contribution in [0.3, 0.4) is 0 Å². The number of halogens is 1. The highest BCUT2D eigenvalue weighted by atomic mass is 35.5. The van der Waals surface area contributed by atoms with Crippen LogP contribution in [0, 0.1) is 0 Å². The summed E-state index contributed by atoms with van der Waals surface area (Å²) in [6, 6.07) is 5.52. The Hall–Kier alpha value is -1.13. The van der Waals surface area contributed by atoms with E-state index in [1.165, 1.54) is 0 Å². The minimum Gasteiger partial charge on any atom is -0.355 e. The number of rotatable bonds is 6. The Morgan fingerprint density at radius 1 is 1.47 bits per heavy atom. The van der Waals surface area contributed by atoms with Crippen LogP contribution >= 0.6 is 11.6 Å². The Morgan fingerprint density at radius 2 is 2.24 bits per heavy atom. The molecule has 0 aliphatic carbocycles. The molecule has 0 aromatic carbocycles. The molecule has 0 saturated heterocycles. The molecule has 0 aliphatic heterocycles. The number of nitrogens with zero attached hydrogens (tertiary/aromatic N) is 2. The Bertz CT molecular complexity index is 371. The maximum atomic E-state index is 11.5. The summed E-state index contributed by atoms with van der Waals surface area (Å²) < 4.78 is 0. The van der Waals surface area contributed by atoms with E-state index in [-0.39, 0.29) is 5.91 Å². The van der Waals surface area contributed by atoms with Gasteiger partial charge in [-0.25, -0.2) is 4.98 Å². The van der Waals surface area contributed by atoms with Crippen molar-refractivity contribution >= 4 is 17.5 Å². The minimum absolute atomic E-state index is 0.0383. The molecule has 0 saturated carbocycles. The summed E-state index contributed by atoms with van der Waals surface area (Å²) in [5.41, 5.74) is 0.878. The predicted molar refractivity (Wildman–Crippen MR) is 68.9 cm³/mol. The van der Waals surface area contributed by atoms with Gasteiger partial charge in [0.2, 0.25) is 5.91 Å². The van der Waals surface area contributed by atoms with Gasteiger partial charge < -0.3 is 5.32 Å². The molecule has 1 heterocycles. The number of hydrogen-bond donors (Lipinski definition) is 1. The van der Waals surface area contributed by atoms with Crippen molar-refractivity contribution in [3.63, 3.8) is 0 Å². The maximum absolute atomic E-state index is 11.5. The van der Waals surface area contributed by atoms with Crippen LogP contribution < -0.4 is 5.32 Å². The molecular formula is C12H18ClN3O. The van der Waals surface area contributed by atoms with E-state index in [4.69, 9.17) is 11.6 Å². The number of carbonyl (C=O) groups excluding carboxylic acids is 1. The third kappa shape index (κ3) is 5.15. The van der Waals surface area contributed by atoms with E-state index in [0.717, 1.165) is 12.2 Å². The summed E-state index contributed by atoms with van der Waals surface area (Å²) in [7, 11) is 0. The fourth-order valence-electron chi connectivity index (χ4n) is 1.50. The van der Waals surface area contributed by atoms with Gasteiger partial charge in [-0.1, -0.05) is 24.6 Å². The number of amides is 1. The van der Waals surface area contributed by atoms with Gasteiger partial charge in [0.1, 0.15) is 5.15 Å². The highest BCUT2D eigenvalue weighted by Crippen LogP contribution is 2.07. The molecule has 5 heteroatoms. The van der Waals surface area contributed by atoms with Crippen LogP contribution in [-0.2, 0) is 11.3 Å². The second-order valence-electron chi connectivity index (χ2n) is 3.71. The highest BCUT2D eigenvalue weighted by Gasteiger charge is 2.09. The molecule has 1 N–H and O–H groups in total. The predicted octanol–water partition coefficient (Wildman–Crippen LogP) is 1.69. The van der Waals surface area contributed by atoms with Crippen LogP contribution in [-0.4, -0.2) is 35.4 Å². The van der Waals surface area contributed by atoms with E-state index in [1.807, 2.05) is 30.9 Å². The quantitative estimate of drug-likeness (QED) is 0.787. The summed E-state index contributed by atoms with van der Waals surface area (Å²) in [4.78, 5) is 17.7. The lowest BCUT2D eigenvalue weighted by molar-refractivity contribution is -0.122. The molecule has 1 rings (SSSR count). The van der Waals surface area contributed by atoms with Crippen molar-refractivity contribution in [3.8, 4) is 0 Å². The third-order valence-electron chi connectivity index (χ3n) is 2.35. The normalized spacial score (nSPS) is 10.6. The molecule has 0 radical (unpaired) electrons. The molecule has 94 valence electrons. The summed E-state index contributed by atoms with van der Waals surface area (Å²) in [6.45, 7) is 6.40. The summed E-state index contributed by atoms with van der Waals surface area (Å²) in [5, 5.41) is 3.26. The van der Waals surface area contributed by atoms with E-state index < -0.39 is 0 Å². The van der Waals surface area contributed by atoms with E-state index >= 15 is 0 Å². The number of carbonyl (C=O) groups is 1. The van der Waals surface area contributed by atoms with Gasteiger partial charge in [0.15, 0.2) is 0 Å². The van der Waals surface area contributed by atoms with Gasteiger partial charge in [-0.15, -0.1) is 0 Å². The lowest BCUT2D eigenvalue weighted by Crippen LogP contribution is -2.36. The van der Waals surface area contributed by atoms with Crippen molar-refractivity contribution in [2.45, 2.75) is 20.4 Å². The van der Waals surface area contributed by atoms with Gasteiger partial charge in [-0.3, -0.25) is 9.69 Å². The molecule has 0 spiro atoms. The Morgan fingerprint density at radius 3 is 2.82 bits per heavy atom. The number of nitrogens with one attached hydrogen (secondary N) is 1. The first-order valence-electron chi connectivity index (χ1n) is 5.76. The van der Waals surface area contributed by atoms with Crippen molar-refractivity contribution in [2.75, 3.05) is 19.6 Å². The van der Waals surface area contributed by atoms with Gasteiger partial charge in [-0.05, 0) is 25.6 Å². The van der Waals surface area contributed by atoms with E-state index in [2.05, 4.69) is 10.3 Å². The Kier molecular flexibility index (Phi) is 5.94.